The van der Waals surface area contributed by atoms with Crippen LogP contribution in [-0.2, 0) is 23.9 Å². The van der Waals surface area contributed by atoms with E-state index in [-0.39, 0.29) is 12.1 Å². The van der Waals surface area contributed by atoms with Gasteiger partial charge >= 0.3 is 17.9 Å². The van der Waals surface area contributed by atoms with Gasteiger partial charge < -0.3 is 19.9 Å². The summed E-state index contributed by atoms with van der Waals surface area (Å²) >= 11 is 0. The molecule has 148 valence electrons. The van der Waals surface area contributed by atoms with Gasteiger partial charge in [-0.3, -0.25) is 14.4 Å². The molecule has 0 heterocycles. The maximum absolute atomic E-state index is 13.7. The number of benzene rings is 1. The van der Waals surface area contributed by atoms with E-state index < -0.39 is 64.7 Å². The van der Waals surface area contributed by atoms with Crippen LogP contribution in [0.15, 0.2) is 12.1 Å². The van der Waals surface area contributed by atoms with E-state index in [1.54, 1.807) is 0 Å². The number of carboxylic acid groups (broad SMARTS) is 1. The Morgan fingerprint density at radius 1 is 1.00 bits per heavy atom. The van der Waals surface area contributed by atoms with Crippen LogP contribution in [0.3, 0.4) is 0 Å². The first-order valence-corrected chi connectivity index (χ1v) is 7.39. The third-order valence-electron chi connectivity index (χ3n) is 3.75. The van der Waals surface area contributed by atoms with Crippen molar-refractivity contribution in [3.63, 3.8) is 0 Å². The smallest absolute Gasteiger partial charge is 0.326 e. The summed E-state index contributed by atoms with van der Waals surface area (Å²) in [6.45, 7) is 1.12. The van der Waals surface area contributed by atoms with Crippen LogP contribution in [0.4, 0.5) is 13.2 Å². The summed E-state index contributed by atoms with van der Waals surface area (Å²) < 4.78 is 49.2. The van der Waals surface area contributed by atoms with Gasteiger partial charge in [-0.1, -0.05) is 6.92 Å². The molecule has 1 aromatic rings. The number of aliphatic carboxylic acids is 1. The molecule has 0 radical (unpaired) electrons. The Morgan fingerprint density at radius 2 is 1.44 bits per heavy atom. The van der Waals surface area contributed by atoms with E-state index >= 15 is 0 Å². The van der Waals surface area contributed by atoms with Gasteiger partial charge in [0.1, 0.15) is 29.1 Å². The van der Waals surface area contributed by atoms with Gasteiger partial charge in [0, 0.05) is 18.1 Å². The molecule has 0 spiro atoms. The van der Waals surface area contributed by atoms with Gasteiger partial charge in [0.25, 0.3) is 5.91 Å². The average Bonchev–Trinajstić information content (AvgIpc) is 2.57. The fraction of sp³-hybridized carbons (Fsp3) is 0.375. The van der Waals surface area contributed by atoms with E-state index in [1.807, 2.05) is 5.32 Å². The minimum atomic E-state index is -1.93. The van der Waals surface area contributed by atoms with Crippen molar-refractivity contribution in [2.75, 3.05) is 14.2 Å². The second kappa shape index (κ2) is 9.01. The number of methoxy groups -OCH3 is 2. The lowest BCUT2D eigenvalue weighted by Gasteiger charge is -2.26. The predicted molar refractivity (Wildman–Crippen MR) is 81.9 cm³/mol. The molecule has 11 heteroatoms. The molecule has 0 unspecified atom stereocenters. The van der Waals surface area contributed by atoms with Crippen LogP contribution in [0.5, 0.6) is 0 Å². The largest absolute Gasteiger partial charge is 0.480 e. The molecule has 8 nitrogen and oxygen atoms in total. The maximum atomic E-state index is 13.7. The molecule has 2 N–H and O–H groups in total. The fourth-order valence-corrected chi connectivity index (χ4v) is 2.36. The Labute approximate surface area is 151 Å². The van der Waals surface area contributed by atoms with Crippen molar-refractivity contribution in [3.8, 4) is 0 Å². The number of hydrogen-bond acceptors (Lipinski definition) is 6. The Balaban J connectivity index is 3.22. The summed E-state index contributed by atoms with van der Waals surface area (Å²) in [6.07, 6.45) is 0. The number of carbonyl (C=O) groups is 4. The number of ether oxygens (including phenoxy) is 2. The predicted octanol–water partition coefficient (Wildman–Crippen LogP) is 0.885. The molecule has 0 fully saturated rings. The number of carboxylic acids is 1. The minimum Gasteiger partial charge on any atom is -0.480 e. The van der Waals surface area contributed by atoms with E-state index in [9.17, 15) is 37.5 Å². The van der Waals surface area contributed by atoms with Crippen LogP contribution in [0, 0.1) is 29.3 Å². The van der Waals surface area contributed by atoms with Gasteiger partial charge in [0.05, 0.1) is 14.2 Å². The van der Waals surface area contributed by atoms with Crippen molar-refractivity contribution in [1.82, 2.24) is 5.32 Å². The van der Waals surface area contributed by atoms with E-state index in [0.717, 1.165) is 21.1 Å². The zero-order valence-electron chi connectivity index (χ0n) is 14.4. The number of amides is 1. The summed E-state index contributed by atoms with van der Waals surface area (Å²) in [7, 11) is 1.89. The highest BCUT2D eigenvalue weighted by atomic mass is 19.1. The van der Waals surface area contributed by atoms with Crippen LogP contribution in [0.25, 0.3) is 0 Å². The highest BCUT2D eigenvalue weighted by Crippen LogP contribution is 2.21. The summed E-state index contributed by atoms with van der Waals surface area (Å²) in [5, 5.41) is 11.1. The van der Waals surface area contributed by atoms with Crippen LogP contribution in [-0.4, -0.2) is 49.2 Å². The molecule has 1 rings (SSSR count). The third-order valence-corrected chi connectivity index (χ3v) is 3.75. The standard InChI is InChI=1S/C16H16F3NO7/c1-6(10(15(24)26-2)16(25)27-3)12(14(22)23)20-13(21)11-8(18)4-7(17)5-9(11)19/h4-6,10,12H,1-3H3,(H,20,21)(H,22,23)/t6-,12-/m0/s1. The van der Waals surface area contributed by atoms with Gasteiger partial charge in [-0.25, -0.2) is 18.0 Å². The molecule has 27 heavy (non-hydrogen) atoms. The normalized spacial score (nSPS) is 12.9. The second-order valence-corrected chi connectivity index (χ2v) is 5.42. The van der Waals surface area contributed by atoms with Crippen molar-refractivity contribution in [2.45, 2.75) is 13.0 Å². The minimum absolute atomic E-state index is 0.239. The molecule has 1 aromatic carbocycles. The first kappa shape index (κ1) is 21.9. The Bertz CT molecular complexity index is 729. The highest BCUT2D eigenvalue weighted by Gasteiger charge is 2.42. The number of nitrogens with one attached hydrogen (secondary N) is 1. The molecule has 1 amide bonds. The lowest BCUT2D eigenvalue weighted by molar-refractivity contribution is -0.162. The quantitative estimate of drug-likeness (QED) is 0.523. The Morgan fingerprint density at radius 3 is 1.81 bits per heavy atom. The van der Waals surface area contributed by atoms with Crippen molar-refractivity contribution in [3.05, 3.63) is 35.1 Å². The van der Waals surface area contributed by atoms with Crippen molar-refractivity contribution in [1.29, 1.82) is 0 Å². The Kier molecular flexibility index (Phi) is 7.32. The number of hydrogen-bond donors (Lipinski definition) is 2. The van der Waals surface area contributed by atoms with E-state index in [4.69, 9.17) is 0 Å². The lowest BCUT2D eigenvalue weighted by Crippen LogP contribution is -2.50. The van der Waals surface area contributed by atoms with Crippen LogP contribution >= 0.6 is 0 Å². The van der Waals surface area contributed by atoms with E-state index in [2.05, 4.69) is 9.47 Å². The molecular weight excluding hydrogens is 375 g/mol. The van der Waals surface area contributed by atoms with Gasteiger partial charge in [0.2, 0.25) is 0 Å². The van der Waals surface area contributed by atoms with Gasteiger partial charge in [-0.05, 0) is 0 Å². The van der Waals surface area contributed by atoms with Crippen molar-refractivity contribution in [2.24, 2.45) is 11.8 Å². The molecule has 0 saturated heterocycles. The maximum Gasteiger partial charge on any atom is 0.326 e. The fourth-order valence-electron chi connectivity index (χ4n) is 2.36. The summed E-state index contributed by atoms with van der Waals surface area (Å²) in [5.41, 5.74) is -1.22. The zero-order valence-corrected chi connectivity index (χ0v) is 14.4. The van der Waals surface area contributed by atoms with Crippen molar-refractivity contribution < 1.29 is 46.9 Å². The number of carbonyl (C=O) groups excluding carboxylic acids is 3. The van der Waals surface area contributed by atoms with Crippen LogP contribution in [0.2, 0.25) is 0 Å². The Hall–Kier alpha value is -3.11. The van der Waals surface area contributed by atoms with E-state index in [1.165, 1.54) is 0 Å². The highest BCUT2D eigenvalue weighted by molar-refractivity contribution is 5.99. The first-order valence-electron chi connectivity index (χ1n) is 7.39. The van der Waals surface area contributed by atoms with E-state index in [0.29, 0.717) is 0 Å². The molecule has 0 aliphatic heterocycles. The van der Waals surface area contributed by atoms with Gasteiger partial charge in [-0.2, -0.15) is 0 Å². The van der Waals surface area contributed by atoms with Crippen molar-refractivity contribution >= 4 is 23.8 Å². The SMILES string of the molecule is COC(=O)C(C(=O)OC)[C@H](C)[C@H](NC(=O)c1c(F)cc(F)cc1F)C(=O)O. The van der Waals surface area contributed by atoms with Gasteiger partial charge in [-0.15, -0.1) is 0 Å². The monoisotopic (exact) mass is 391 g/mol. The molecule has 0 aliphatic carbocycles. The summed E-state index contributed by atoms with van der Waals surface area (Å²) in [5.74, 6) is -13.0. The molecule has 2 atom stereocenters. The summed E-state index contributed by atoms with van der Waals surface area (Å²) in [6, 6.07) is -1.45. The average molecular weight is 391 g/mol. The zero-order chi connectivity index (χ0) is 20.9. The topological polar surface area (TPSA) is 119 Å². The molecule has 0 aliphatic rings. The van der Waals surface area contributed by atoms with Gasteiger partial charge in [0.15, 0.2) is 5.92 Å². The molecule has 0 bridgehead atoms. The second-order valence-electron chi connectivity index (χ2n) is 5.42. The first-order chi connectivity index (χ1) is 12.5. The third kappa shape index (κ3) is 4.96. The van der Waals surface area contributed by atoms with Crippen LogP contribution < -0.4 is 5.32 Å². The number of halogens is 3. The lowest BCUT2D eigenvalue weighted by atomic mass is 9.87. The summed E-state index contributed by atoms with van der Waals surface area (Å²) in [4.78, 5) is 47.2. The molecular formula is C16H16F3NO7. The van der Waals surface area contributed by atoms with Crippen LogP contribution in [0.1, 0.15) is 17.3 Å². The molecule has 0 saturated carbocycles. The number of rotatable bonds is 7. The molecule has 0 aromatic heterocycles. The number of esters is 2.